The number of nitrogens with zero attached hydrogens (tertiary/aromatic N) is 3. The van der Waals surface area contributed by atoms with Gasteiger partial charge in [-0.1, -0.05) is 91.6 Å². The molecule has 102 heavy (non-hydrogen) atoms. The Morgan fingerprint density at radius 1 is 0.441 bits per heavy atom. The fourth-order valence-electron chi connectivity index (χ4n) is 7.90. The highest BCUT2D eigenvalue weighted by Crippen LogP contribution is 2.31. The molecule has 0 spiro atoms. The summed E-state index contributed by atoms with van der Waals surface area (Å²) in [5, 5.41) is 35.1. The summed E-state index contributed by atoms with van der Waals surface area (Å²) in [6.07, 6.45) is -0.792. The van der Waals surface area contributed by atoms with E-state index in [1.165, 1.54) is 67.8 Å². The number of ketones is 5. The van der Waals surface area contributed by atoms with Gasteiger partial charge in [-0.2, -0.15) is 0 Å². The summed E-state index contributed by atoms with van der Waals surface area (Å²) in [4.78, 5) is 163. The predicted molar refractivity (Wildman–Crippen MR) is 359 cm³/mol. The van der Waals surface area contributed by atoms with Crippen molar-refractivity contribution in [1.29, 1.82) is 0 Å². The summed E-state index contributed by atoms with van der Waals surface area (Å²) in [6.45, 7) is 25.9. The Morgan fingerprint density at radius 3 is 0.980 bits per heavy atom. The lowest BCUT2D eigenvalue weighted by molar-refractivity contribution is -0.161. The van der Waals surface area contributed by atoms with E-state index < -0.39 is 101 Å². The maximum Gasteiger partial charge on any atom is 0.309 e. The van der Waals surface area contributed by atoms with Crippen LogP contribution in [0.1, 0.15) is 164 Å². The highest BCUT2D eigenvalue weighted by Gasteiger charge is 2.51. The molecule has 3 aromatic rings. The molecular weight excluding hydrogens is 1350 g/mol. The molecule has 3 amide bonds. The number of amides is 3. The average Bonchev–Trinajstić information content (AvgIpc) is 1.64. The number of nitrogens with one attached hydrogen (secondary N) is 3. The van der Waals surface area contributed by atoms with E-state index in [-0.39, 0.29) is 121 Å². The second-order valence-corrected chi connectivity index (χ2v) is 25.0. The third-order valence-electron chi connectivity index (χ3n) is 14.2. The summed E-state index contributed by atoms with van der Waals surface area (Å²) in [7, 11) is 9.71. The number of hydrogen-bond acceptors (Lipinski definition) is 29. The highest BCUT2D eigenvalue weighted by molar-refractivity contribution is 6.00. The van der Waals surface area contributed by atoms with Crippen LogP contribution in [0.4, 0.5) is 0 Å². The minimum absolute atomic E-state index is 0.00463. The van der Waals surface area contributed by atoms with Gasteiger partial charge >= 0.3 is 35.8 Å². The molecule has 34 heteroatoms. The largest absolute Gasteiger partial charge is 0.481 e. The zero-order valence-electron chi connectivity index (χ0n) is 62.6. The molecule has 34 nitrogen and oxygen atoms in total. The van der Waals surface area contributed by atoms with Crippen LogP contribution >= 0.6 is 0 Å². The number of esters is 4. The van der Waals surface area contributed by atoms with Crippen LogP contribution in [0.15, 0.2) is 31.8 Å². The summed E-state index contributed by atoms with van der Waals surface area (Å²) in [5.41, 5.74) is -0.749. The second kappa shape index (κ2) is 49.6. The van der Waals surface area contributed by atoms with Crippen LogP contribution in [0.25, 0.3) is 0 Å². The first kappa shape index (κ1) is 95.1. The average molecular weight is 1460 g/mol. The number of carbonyl (C=O) groups is 14. The number of hydrogen-bond donors (Lipinski definition) is 5. The van der Waals surface area contributed by atoms with Crippen molar-refractivity contribution in [2.75, 3.05) is 82.8 Å². The van der Waals surface area contributed by atoms with E-state index in [2.05, 4.69) is 45.6 Å². The van der Waals surface area contributed by atoms with Crippen molar-refractivity contribution >= 4 is 82.5 Å². The molecule has 4 heterocycles. The molecule has 0 aliphatic carbocycles. The Hall–Kier alpha value is -8.99. The van der Waals surface area contributed by atoms with Crippen LogP contribution in [-0.2, 0) is 95.4 Å². The van der Waals surface area contributed by atoms with E-state index in [4.69, 9.17) is 52.2 Å². The molecule has 1 fully saturated rings. The topological polar surface area (TPSA) is 480 Å². The molecule has 0 unspecified atom stereocenters. The zero-order valence-corrected chi connectivity index (χ0v) is 62.6. The van der Waals surface area contributed by atoms with Gasteiger partial charge in [0, 0.05) is 78.2 Å². The summed E-state index contributed by atoms with van der Waals surface area (Å²) >= 11 is 0. The van der Waals surface area contributed by atoms with Crippen molar-refractivity contribution in [1.82, 2.24) is 31.4 Å². The van der Waals surface area contributed by atoms with E-state index in [1.807, 2.05) is 13.8 Å². The van der Waals surface area contributed by atoms with Crippen LogP contribution in [-0.4, -0.2) is 221 Å². The van der Waals surface area contributed by atoms with Crippen LogP contribution in [0, 0.1) is 68.1 Å². The smallest absolute Gasteiger partial charge is 0.309 e. The maximum absolute atomic E-state index is 12.8. The number of aliphatic carboxylic acids is 2. The number of methoxy groups -OCH3 is 7. The zero-order chi connectivity index (χ0) is 78.9. The summed E-state index contributed by atoms with van der Waals surface area (Å²) in [5.74, 6) is -8.02. The van der Waals surface area contributed by atoms with Crippen molar-refractivity contribution in [2.24, 2.45) is 47.3 Å². The van der Waals surface area contributed by atoms with Gasteiger partial charge in [0.25, 0.3) is 17.7 Å². The highest BCUT2D eigenvalue weighted by atomic mass is 16.6. The van der Waals surface area contributed by atoms with Crippen LogP contribution in [0.5, 0.6) is 0 Å². The number of ether oxygens (including phenoxy) is 9. The van der Waals surface area contributed by atoms with Crippen molar-refractivity contribution in [3.8, 4) is 0 Å². The number of carboxylic acid groups (broad SMARTS) is 2. The molecule has 4 rings (SSSR count). The fourth-order valence-corrected chi connectivity index (χ4v) is 7.90. The van der Waals surface area contributed by atoms with Gasteiger partial charge in [0.05, 0.1) is 89.9 Å². The number of carboxylic acids is 2. The van der Waals surface area contributed by atoms with Crippen molar-refractivity contribution < 1.29 is 134 Å². The molecule has 0 bridgehead atoms. The van der Waals surface area contributed by atoms with Crippen LogP contribution in [0.3, 0.4) is 0 Å². The molecular formula is C68H106N6O28. The quantitative estimate of drug-likeness (QED) is 0.0284. The van der Waals surface area contributed by atoms with Gasteiger partial charge in [0.2, 0.25) is 5.78 Å². The van der Waals surface area contributed by atoms with E-state index in [1.54, 1.807) is 90.2 Å². The van der Waals surface area contributed by atoms with Crippen molar-refractivity contribution in [3.05, 3.63) is 52.6 Å². The van der Waals surface area contributed by atoms with Gasteiger partial charge in [0.15, 0.2) is 46.1 Å². The molecule has 5 N–H and O–H groups in total. The monoisotopic (exact) mass is 1450 g/mol. The van der Waals surface area contributed by atoms with E-state index in [0.29, 0.717) is 36.9 Å². The maximum atomic E-state index is 12.8. The van der Waals surface area contributed by atoms with Gasteiger partial charge in [0.1, 0.15) is 41.2 Å². The Balaban J connectivity index is 0. The van der Waals surface area contributed by atoms with Gasteiger partial charge in [-0.05, 0) is 40.0 Å². The normalized spacial score (nSPS) is 15.2. The third-order valence-corrected chi connectivity index (χ3v) is 14.2. The lowest BCUT2D eigenvalue weighted by Crippen LogP contribution is -2.45. The van der Waals surface area contributed by atoms with E-state index >= 15 is 0 Å². The Kier molecular flexibility index (Phi) is 46.2. The SMILES string of the molecule is CC(C)C(=O)O.COC(=O)C(C)C.COC[C@H](C)C(=O)C[C@@H](C)C(=O)OC.COC[C@H](NC(=O)c1cc(C)on1)C(=O)C[C@@H](C)C(=O)O.COC[C@H](NC(=O)c1cc(C)on1)C(=O)C[C@@H](C)C(=O)OC.COC[C@H](NC(=O)c1cc(C)on1)C(=O)C[C@@H](C)C(=O)O[C@@H](CC(C)C)C(=O)[C@@]1(C)CO1. The standard InChI is InChI=1S/C22H32N2O8.C14H20N2O6.C13H18N2O6.C10H18O4.C5H10O2.C4H8O2/c1-12(2)7-18(19(26)22(5)11-30-22)31-21(28)13(3)8-17(25)16(10-29-6)23-20(27)15-9-14(4)32-24-15;1-8(14(19)21-4)5-12(17)11(7-20-3)15-13(18)10-6-9(2)22-16-10;1-7(13(18)19)4-11(16)10(6-20-3)14-12(17)9-5-8(2)21-15-9;1-7(10(12)14-4)5-9(11)8(2)6-13-3;1-4(2)5(6)7-3;1-3(2)4(5)6/h9,12-13,16,18H,7-8,10-11H2,1-6H3,(H,23,27);6,8,11H,5,7H2,1-4H3,(H,15,18);5,7,10H,4,6H2,1-3H3,(H,14,17)(H,18,19);7-8H,5-6H2,1-4H3;4H,1-3H3;3H,1-2H3,(H,5,6)/t13-,16+,18+,22-;8-,11+;7-,10+;7-,8+;;/m1111../s1. The van der Waals surface area contributed by atoms with E-state index in [9.17, 15) is 67.1 Å². The number of rotatable bonds is 37. The van der Waals surface area contributed by atoms with E-state index in [0.717, 1.165) is 0 Å². The summed E-state index contributed by atoms with van der Waals surface area (Å²) < 4.78 is 58.3. The fraction of sp³-hybridized carbons (Fsp3) is 0.662. The number of aryl methyl sites for hydroxylation is 3. The van der Waals surface area contributed by atoms with Gasteiger partial charge in [-0.25, -0.2) is 0 Å². The number of aromatic nitrogens is 3. The minimum atomic E-state index is -1.07. The minimum Gasteiger partial charge on any atom is -0.481 e. The molecule has 0 saturated carbocycles. The van der Waals surface area contributed by atoms with Gasteiger partial charge in [-0.15, -0.1) is 0 Å². The first-order valence-electron chi connectivity index (χ1n) is 32.4. The van der Waals surface area contributed by atoms with Crippen LogP contribution in [0.2, 0.25) is 0 Å². The summed E-state index contributed by atoms with van der Waals surface area (Å²) in [6, 6.07) is 1.55. The first-order chi connectivity index (χ1) is 47.5. The number of Topliss-reactive ketones (excluding diaryl/α,β-unsaturated/α-hetero) is 5. The van der Waals surface area contributed by atoms with Gasteiger partial charge < -0.3 is 82.4 Å². The lowest BCUT2D eigenvalue weighted by atomic mass is 9.95. The lowest BCUT2D eigenvalue weighted by Gasteiger charge is -2.23. The number of carbonyl (C=O) groups excluding carboxylic acids is 12. The Bertz CT molecular complexity index is 3160. The Morgan fingerprint density at radius 2 is 0.745 bits per heavy atom. The molecule has 0 aromatic carbocycles. The van der Waals surface area contributed by atoms with Crippen LogP contribution < -0.4 is 16.0 Å². The molecule has 1 aliphatic heterocycles. The van der Waals surface area contributed by atoms with Gasteiger partial charge in [-0.3, -0.25) is 67.1 Å². The number of epoxide rings is 1. The molecule has 10 atom stereocenters. The molecule has 0 radical (unpaired) electrons. The molecule has 576 valence electrons. The third kappa shape index (κ3) is 38.2. The predicted octanol–water partition coefficient (Wildman–Crippen LogP) is 5.12. The van der Waals surface area contributed by atoms with Crippen molar-refractivity contribution in [2.45, 2.75) is 166 Å². The first-order valence-corrected chi connectivity index (χ1v) is 32.4. The molecule has 1 saturated heterocycles. The van der Waals surface area contributed by atoms with Crippen molar-refractivity contribution in [3.63, 3.8) is 0 Å². The molecule has 1 aliphatic rings. The second-order valence-electron chi connectivity index (χ2n) is 25.0. The Labute approximate surface area is 594 Å². The molecule has 3 aromatic heterocycles.